The fraction of sp³-hybridized carbons (Fsp3) is 0.250. The second kappa shape index (κ2) is 3.81. The number of hydrogen-bond acceptors (Lipinski definition) is 3. The summed E-state index contributed by atoms with van der Waals surface area (Å²) in [6, 6.07) is 8.00. The molecule has 0 aliphatic heterocycles. The van der Waals surface area contributed by atoms with Gasteiger partial charge in [-0.1, -0.05) is 30.3 Å². The zero-order chi connectivity index (χ0) is 10.8. The summed E-state index contributed by atoms with van der Waals surface area (Å²) in [6.07, 6.45) is 0. The van der Waals surface area contributed by atoms with Crippen LogP contribution in [0.25, 0.3) is 0 Å². The fourth-order valence-corrected chi connectivity index (χ4v) is 1.60. The van der Waals surface area contributed by atoms with E-state index in [1.54, 1.807) is 18.2 Å². The summed E-state index contributed by atoms with van der Waals surface area (Å²) in [7, 11) is -4.70. The molecule has 0 aliphatic rings. The molecule has 78 valence electrons. The van der Waals surface area contributed by atoms with Crippen LogP contribution in [0.4, 0.5) is 0 Å². The van der Waals surface area contributed by atoms with Crippen LogP contribution in [0.1, 0.15) is 12.5 Å². The lowest BCUT2D eigenvalue weighted by atomic mass is 10.1. The smallest absolute Gasteiger partial charge is 0.362 e. The number of benzene rings is 1. The van der Waals surface area contributed by atoms with Gasteiger partial charge in [0.25, 0.3) is 0 Å². The lowest BCUT2D eigenvalue weighted by Crippen LogP contribution is -2.23. The van der Waals surface area contributed by atoms with E-state index in [1.165, 1.54) is 19.1 Å². The van der Waals surface area contributed by atoms with E-state index < -0.39 is 13.6 Å². The highest BCUT2D eigenvalue weighted by Crippen LogP contribution is 2.43. The van der Waals surface area contributed by atoms with Crippen molar-refractivity contribution in [2.24, 2.45) is 0 Å². The van der Waals surface area contributed by atoms with E-state index in [9.17, 15) is 9.67 Å². The van der Waals surface area contributed by atoms with Crippen LogP contribution in [-0.2, 0) is 14.9 Å². The van der Waals surface area contributed by atoms with Crippen molar-refractivity contribution in [3.63, 3.8) is 0 Å². The maximum Gasteiger partial charge on any atom is 0.472 e. The zero-order valence-corrected chi connectivity index (χ0v) is 8.39. The topological polar surface area (TPSA) is 87.0 Å². The van der Waals surface area contributed by atoms with Crippen molar-refractivity contribution < 1.29 is 24.0 Å². The predicted octanol–water partition coefficient (Wildman–Crippen LogP) is 0.961. The summed E-state index contributed by atoms with van der Waals surface area (Å²) in [4.78, 5) is 17.1. The molecule has 0 saturated carbocycles. The SMILES string of the molecule is CC(O)(OP(=O)(O)O)c1ccccc1. The van der Waals surface area contributed by atoms with Gasteiger partial charge in [0.15, 0.2) is 0 Å². The molecule has 1 unspecified atom stereocenters. The van der Waals surface area contributed by atoms with Crippen LogP contribution in [0.5, 0.6) is 0 Å². The Kier molecular flexibility index (Phi) is 3.09. The predicted molar refractivity (Wildman–Crippen MR) is 49.1 cm³/mol. The maximum absolute atomic E-state index is 10.5. The quantitative estimate of drug-likeness (QED) is 0.519. The average molecular weight is 218 g/mol. The molecule has 0 bridgehead atoms. The van der Waals surface area contributed by atoms with E-state index >= 15 is 0 Å². The summed E-state index contributed by atoms with van der Waals surface area (Å²) in [6.45, 7) is 1.17. The molecule has 1 aromatic carbocycles. The summed E-state index contributed by atoms with van der Waals surface area (Å²) in [5.41, 5.74) is 0.281. The number of aliphatic hydroxyl groups is 1. The van der Waals surface area contributed by atoms with Gasteiger partial charge in [-0.25, -0.2) is 9.09 Å². The number of phosphoric acid groups is 1. The van der Waals surface area contributed by atoms with Gasteiger partial charge in [-0.05, 0) is 6.92 Å². The Morgan fingerprint density at radius 1 is 1.29 bits per heavy atom. The molecule has 1 rings (SSSR count). The Bertz CT molecular complexity index is 342. The van der Waals surface area contributed by atoms with Gasteiger partial charge in [-0.2, -0.15) is 0 Å². The van der Waals surface area contributed by atoms with Crippen LogP contribution in [0, 0.1) is 0 Å². The normalized spacial score (nSPS) is 16.3. The minimum absolute atomic E-state index is 0.281. The fourth-order valence-electron chi connectivity index (χ4n) is 1.03. The molecule has 0 radical (unpaired) electrons. The zero-order valence-electron chi connectivity index (χ0n) is 7.49. The molecule has 0 saturated heterocycles. The van der Waals surface area contributed by atoms with Crippen LogP contribution < -0.4 is 0 Å². The molecule has 6 heteroatoms. The molecule has 0 fully saturated rings. The highest BCUT2D eigenvalue weighted by molar-refractivity contribution is 7.46. The molecule has 0 spiro atoms. The molecular weight excluding hydrogens is 207 g/mol. The maximum atomic E-state index is 10.5. The summed E-state index contributed by atoms with van der Waals surface area (Å²) >= 11 is 0. The highest BCUT2D eigenvalue weighted by atomic mass is 31.2. The molecule has 0 heterocycles. The Labute approximate surface area is 81.2 Å². The van der Waals surface area contributed by atoms with Gasteiger partial charge >= 0.3 is 7.82 Å². The Morgan fingerprint density at radius 3 is 2.21 bits per heavy atom. The third-order valence-corrected chi connectivity index (χ3v) is 2.20. The van der Waals surface area contributed by atoms with E-state index in [4.69, 9.17) is 9.79 Å². The second-order valence-corrected chi connectivity index (χ2v) is 4.09. The third kappa shape index (κ3) is 3.21. The number of rotatable bonds is 3. The van der Waals surface area contributed by atoms with Crippen molar-refractivity contribution >= 4 is 7.82 Å². The molecule has 1 atom stereocenters. The van der Waals surface area contributed by atoms with Gasteiger partial charge in [-0.15, -0.1) is 0 Å². The molecule has 5 nitrogen and oxygen atoms in total. The van der Waals surface area contributed by atoms with Crippen LogP contribution in [0.3, 0.4) is 0 Å². The summed E-state index contributed by atoms with van der Waals surface area (Å²) in [5.74, 6) is -1.99. The van der Waals surface area contributed by atoms with Crippen molar-refractivity contribution in [1.82, 2.24) is 0 Å². The van der Waals surface area contributed by atoms with Gasteiger partial charge in [0, 0.05) is 5.56 Å². The largest absolute Gasteiger partial charge is 0.472 e. The Hall–Kier alpha value is -0.710. The molecular formula is C8H11O5P. The first-order valence-corrected chi connectivity index (χ1v) is 5.38. The lowest BCUT2D eigenvalue weighted by Gasteiger charge is -2.23. The van der Waals surface area contributed by atoms with Crippen molar-refractivity contribution in [3.05, 3.63) is 35.9 Å². The van der Waals surface area contributed by atoms with E-state index in [1.807, 2.05) is 0 Å². The second-order valence-electron chi connectivity index (χ2n) is 2.93. The average Bonchev–Trinajstić information content (AvgIpc) is 2.01. The summed E-state index contributed by atoms with van der Waals surface area (Å²) in [5, 5.41) is 9.61. The molecule has 14 heavy (non-hydrogen) atoms. The monoisotopic (exact) mass is 218 g/mol. The summed E-state index contributed by atoms with van der Waals surface area (Å²) < 4.78 is 14.8. The van der Waals surface area contributed by atoms with Gasteiger partial charge in [0.2, 0.25) is 5.79 Å². The van der Waals surface area contributed by atoms with Crippen LogP contribution in [-0.4, -0.2) is 14.9 Å². The molecule has 3 N–H and O–H groups in total. The molecule has 0 amide bonds. The first-order chi connectivity index (χ1) is 6.31. The van der Waals surface area contributed by atoms with Gasteiger partial charge in [0.05, 0.1) is 0 Å². The van der Waals surface area contributed by atoms with Crippen LogP contribution in [0.15, 0.2) is 30.3 Å². The van der Waals surface area contributed by atoms with E-state index in [-0.39, 0.29) is 5.56 Å². The van der Waals surface area contributed by atoms with E-state index in [2.05, 4.69) is 4.52 Å². The van der Waals surface area contributed by atoms with Crippen LogP contribution in [0.2, 0.25) is 0 Å². The van der Waals surface area contributed by atoms with E-state index in [0.717, 1.165) is 0 Å². The third-order valence-electron chi connectivity index (χ3n) is 1.61. The van der Waals surface area contributed by atoms with Crippen molar-refractivity contribution in [2.75, 3.05) is 0 Å². The standard InChI is InChI=1S/C8H11O5P/c1-8(9,13-14(10,11)12)7-5-3-2-4-6-7/h2-6,9H,1H3,(H2,10,11,12). The lowest BCUT2D eigenvalue weighted by molar-refractivity contribution is -0.141. The molecule has 1 aromatic rings. The van der Waals surface area contributed by atoms with Gasteiger partial charge in [-0.3, -0.25) is 0 Å². The first-order valence-electron chi connectivity index (χ1n) is 3.85. The van der Waals surface area contributed by atoms with Crippen LogP contribution >= 0.6 is 7.82 Å². The van der Waals surface area contributed by atoms with E-state index in [0.29, 0.717) is 0 Å². The van der Waals surface area contributed by atoms with Gasteiger partial charge in [0.1, 0.15) is 0 Å². The Morgan fingerprint density at radius 2 is 1.79 bits per heavy atom. The number of hydrogen-bond donors (Lipinski definition) is 3. The minimum Gasteiger partial charge on any atom is -0.362 e. The van der Waals surface area contributed by atoms with Gasteiger partial charge < -0.3 is 14.9 Å². The minimum atomic E-state index is -4.70. The van der Waals surface area contributed by atoms with Crippen molar-refractivity contribution in [1.29, 1.82) is 0 Å². The Balaban J connectivity index is 2.92. The first kappa shape index (κ1) is 11.4. The number of phosphoric ester groups is 1. The molecule has 0 aliphatic carbocycles. The van der Waals surface area contributed by atoms with Crippen molar-refractivity contribution in [3.8, 4) is 0 Å². The highest BCUT2D eigenvalue weighted by Gasteiger charge is 2.32. The molecule has 0 aromatic heterocycles. The van der Waals surface area contributed by atoms with Crippen molar-refractivity contribution in [2.45, 2.75) is 12.7 Å².